The molecule has 6 heteroatoms. The molecule has 1 amide bonds. The van der Waals surface area contributed by atoms with Gasteiger partial charge in [-0.05, 0) is 25.0 Å². The maximum atomic E-state index is 11.9. The van der Waals surface area contributed by atoms with Gasteiger partial charge in [0.25, 0.3) is 0 Å². The Kier molecular flexibility index (Phi) is 5.20. The van der Waals surface area contributed by atoms with Crippen molar-refractivity contribution in [3.05, 3.63) is 28.8 Å². The van der Waals surface area contributed by atoms with Crippen LogP contribution in [-0.4, -0.2) is 35.4 Å². The first-order chi connectivity index (χ1) is 9.59. The van der Waals surface area contributed by atoms with Gasteiger partial charge in [0.1, 0.15) is 4.99 Å². The van der Waals surface area contributed by atoms with Crippen LogP contribution in [0.15, 0.2) is 18.2 Å². The van der Waals surface area contributed by atoms with Crippen molar-refractivity contribution < 1.29 is 4.79 Å². The minimum Gasteiger partial charge on any atom is -0.389 e. The van der Waals surface area contributed by atoms with Crippen molar-refractivity contribution in [2.45, 2.75) is 19.3 Å². The van der Waals surface area contributed by atoms with Crippen molar-refractivity contribution in [3.63, 3.8) is 0 Å². The predicted octanol–water partition coefficient (Wildman–Crippen LogP) is 2.40. The first kappa shape index (κ1) is 15.1. The van der Waals surface area contributed by atoms with E-state index in [1.807, 2.05) is 17.0 Å². The SMILES string of the molecule is NC(=S)c1c(Cl)cccc1NCCC(=O)N1CCCC1. The summed E-state index contributed by atoms with van der Waals surface area (Å²) in [6, 6.07) is 5.44. The molecule has 0 spiro atoms. The summed E-state index contributed by atoms with van der Waals surface area (Å²) < 4.78 is 0. The topological polar surface area (TPSA) is 58.4 Å². The fourth-order valence-electron chi connectivity index (χ4n) is 2.35. The zero-order valence-electron chi connectivity index (χ0n) is 11.2. The molecule has 1 heterocycles. The van der Waals surface area contributed by atoms with Gasteiger partial charge in [-0.15, -0.1) is 0 Å². The second-order valence-electron chi connectivity index (χ2n) is 4.79. The van der Waals surface area contributed by atoms with E-state index in [2.05, 4.69) is 5.32 Å². The minimum absolute atomic E-state index is 0.189. The predicted molar refractivity (Wildman–Crippen MR) is 86.3 cm³/mol. The third kappa shape index (κ3) is 3.61. The number of likely N-dealkylation sites (tertiary alicyclic amines) is 1. The highest BCUT2D eigenvalue weighted by Gasteiger charge is 2.17. The lowest BCUT2D eigenvalue weighted by atomic mass is 10.1. The van der Waals surface area contributed by atoms with Crippen molar-refractivity contribution in [1.82, 2.24) is 4.90 Å². The number of amides is 1. The van der Waals surface area contributed by atoms with Crippen molar-refractivity contribution >= 4 is 40.4 Å². The van der Waals surface area contributed by atoms with Gasteiger partial charge < -0.3 is 16.0 Å². The van der Waals surface area contributed by atoms with Gasteiger partial charge in [-0.25, -0.2) is 0 Å². The number of benzene rings is 1. The van der Waals surface area contributed by atoms with E-state index in [0.717, 1.165) is 31.6 Å². The summed E-state index contributed by atoms with van der Waals surface area (Å²) in [5.74, 6) is 0.189. The quantitative estimate of drug-likeness (QED) is 0.820. The number of hydrogen-bond acceptors (Lipinski definition) is 3. The van der Waals surface area contributed by atoms with Crippen molar-refractivity contribution in [3.8, 4) is 0 Å². The van der Waals surface area contributed by atoms with Crippen LogP contribution in [0, 0.1) is 0 Å². The summed E-state index contributed by atoms with van der Waals surface area (Å²) in [6.45, 7) is 2.31. The molecule has 3 N–H and O–H groups in total. The molecule has 108 valence electrons. The number of carbonyl (C=O) groups is 1. The van der Waals surface area contributed by atoms with Crippen LogP contribution in [0.2, 0.25) is 5.02 Å². The molecule has 20 heavy (non-hydrogen) atoms. The number of hydrogen-bond donors (Lipinski definition) is 2. The van der Waals surface area contributed by atoms with Gasteiger partial charge in [0.05, 0.1) is 10.6 Å². The monoisotopic (exact) mass is 311 g/mol. The summed E-state index contributed by atoms with van der Waals surface area (Å²) >= 11 is 11.1. The van der Waals surface area contributed by atoms with E-state index in [-0.39, 0.29) is 10.9 Å². The van der Waals surface area contributed by atoms with Crippen LogP contribution in [0.5, 0.6) is 0 Å². The van der Waals surface area contributed by atoms with Crippen molar-refractivity contribution in [1.29, 1.82) is 0 Å². The average Bonchev–Trinajstić information content (AvgIpc) is 2.92. The molecule has 1 aliphatic rings. The lowest BCUT2D eigenvalue weighted by molar-refractivity contribution is -0.129. The van der Waals surface area contributed by atoms with Gasteiger partial charge in [0.15, 0.2) is 0 Å². The van der Waals surface area contributed by atoms with Crippen LogP contribution < -0.4 is 11.1 Å². The number of halogens is 1. The average molecular weight is 312 g/mol. The molecule has 1 saturated heterocycles. The molecule has 0 bridgehead atoms. The maximum absolute atomic E-state index is 11.9. The molecule has 0 saturated carbocycles. The molecule has 0 aliphatic carbocycles. The zero-order chi connectivity index (χ0) is 14.5. The number of rotatable bonds is 5. The Morgan fingerprint density at radius 2 is 2.10 bits per heavy atom. The smallest absolute Gasteiger partial charge is 0.224 e. The van der Waals surface area contributed by atoms with E-state index >= 15 is 0 Å². The van der Waals surface area contributed by atoms with Gasteiger partial charge in [0, 0.05) is 31.7 Å². The largest absolute Gasteiger partial charge is 0.389 e. The van der Waals surface area contributed by atoms with Gasteiger partial charge in [0.2, 0.25) is 5.91 Å². The Morgan fingerprint density at radius 3 is 2.75 bits per heavy atom. The van der Waals surface area contributed by atoms with Crippen LogP contribution in [0.3, 0.4) is 0 Å². The second-order valence-corrected chi connectivity index (χ2v) is 5.64. The molecule has 2 rings (SSSR count). The second kappa shape index (κ2) is 6.90. The van der Waals surface area contributed by atoms with Crippen molar-refractivity contribution in [2.75, 3.05) is 25.0 Å². The highest BCUT2D eigenvalue weighted by Crippen LogP contribution is 2.24. The molecule has 1 aromatic rings. The highest BCUT2D eigenvalue weighted by molar-refractivity contribution is 7.80. The Hall–Kier alpha value is -1.33. The molecule has 1 aromatic carbocycles. The molecular weight excluding hydrogens is 294 g/mol. The maximum Gasteiger partial charge on any atom is 0.224 e. The van der Waals surface area contributed by atoms with Gasteiger partial charge in [-0.2, -0.15) is 0 Å². The summed E-state index contributed by atoms with van der Waals surface area (Å²) in [5, 5.41) is 3.71. The fraction of sp³-hybridized carbons (Fsp3) is 0.429. The van der Waals surface area contributed by atoms with Crippen molar-refractivity contribution in [2.24, 2.45) is 5.73 Å². The summed E-state index contributed by atoms with van der Waals surface area (Å²) in [4.78, 5) is 14.1. The molecular formula is C14H18ClN3OS. The molecule has 4 nitrogen and oxygen atoms in total. The lowest BCUT2D eigenvalue weighted by Gasteiger charge is -2.16. The van der Waals surface area contributed by atoms with E-state index in [1.54, 1.807) is 6.07 Å². The highest BCUT2D eigenvalue weighted by atomic mass is 35.5. The van der Waals surface area contributed by atoms with Crippen LogP contribution in [0.4, 0.5) is 5.69 Å². The van der Waals surface area contributed by atoms with E-state index in [4.69, 9.17) is 29.6 Å². The van der Waals surface area contributed by atoms with Gasteiger partial charge in [-0.1, -0.05) is 29.9 Å². The van der Waals surface area contributed by atoms with E-state index in [1.165, 1.54) is 0 Å². The zero-order valence-corrected chi connectivity index (χ0v) is 12.8. The third-order valence-electron chi connectivity index (χ3n) is 3.37. The summed E-state index contributed by atoms with van der Waals surface area (Å²) in [7, 11) is 0. The van der Waals surface area contributed by atoms with E-state index in [9.17, 15) is 4.79 Å². The minimum atomic E-state index is 0.189. The Balaban J connectivity index is 1.92. The number of anilines is 1. The van der Waals surface area contributed by atoms with Crippen LogP contribution in [0.25, 0.3) is 0 Å². The Bertz CT molecular complexity index is 515. The first-order valence-electron chi connectivity index (χ1n) is 6.69. The molecule has 0 atom stereocenters. The molecule has 0 aromatic heterocycles. The number of thiocarbonyl (C=S) groups is 1. The van der Waals surface area contributed by atoms with E-state index in [0.29, 0.717) is 23.6 Å². The van der Waals surface area contributed by atoms with Crippen LogP contribution >= 0.6 is 23.8 Å². The Labute approximate surface area is 129 Å². The van der Waals surface area contributed by atoms with Gasteiger partial charge >= 0.3 is 0 Å². The number of nitrogens with zero attached hydrogens (tertiary/aromatic N) is 1. The molecule has 0 unspecified atom stereocenters. The molecule has 0 radical (unpaired) electrons. The number of carbonyl (C=O) groups excluding carboxylic acids is 1. The van der Waals surface area contributed by atoms with E-state index < -0.39 is 0 Å². The first-order valence-corrected chi connectivity index (χ1v) is 7.48. The Morgan fingerprint density at radius 1 is 1.40 bits per heavy atom. The summed E-state index contributed by atoms with van der Waals surface area (Å²) in [5.41, 5.74) is 7.09. The number of nitrogens with one attached hydrogen (secondary N) is 1. The van der Waals surface area contributed by atoms with Crippen LogP contribution in [-0.2, 0) is 4.79 Å². The standard InChI is InChI=1S/C14H18ClN3OS/c15-10-4-3-5-11(13(10)14(16)20)17-7-6-12(19)18-8-1-2-9-18/h3-5,17H,1-2,6-9H2,(H2,16,20). The third-order valence-corrected chi connectivity index (χ3v) is 3.89. The normalized spacial score (nSPS) is 14.3. The fourth-order valence-corrected chi connectivity index (χ4v) is 2.90. The lowest BCUT2D eigenvalue weighted by Crippen LogP contribution is -2.29. The van der Waals surface area contributed by atoms with Gasteiger partial charge in [-0.3, -0.25) is 4.79 Å². The number of nitrogens with two attached hydrogens (primary N) is 1. The molecule has 1 fully saturated rings. The van der Waals surface area contributed by atoms with Crippen LogP contribution in [0.1, 0.15) is 24.8 Å². The summed E-state index contributed by atoms with van der Waals surface area (Å²) in [6.07, 6.45) is 2.68. The molecule has 1 aliphatic heterocycles.